The average Bonchev–Trinajstić information content (AvgIpc) is 2.61. The second kappa shape index (κ2) is 6.97. The summed E-state index contributed by atoms with van der Waals surface area (Å²) in [7, 11) is 0. The maximum Gasteiger partial charge on any atom is 0.416 e. The molecule has 0 spiro atoms. The highest BCUT2D eigenvalue weighted by atomic mass is 19.4. The molecule has 0 saturated carbocycles. The molecule has 0 atom stereocenters. The van der Waals surface area contributed by atoms with Gasteiger partial charge in [-0.25, -0.2) is 4.98 Å². The van der Waals surface area contributed by atoms with Gasteiger partial charge in [-0.05, 0) is 50.1 Å². The lowest BCUT2D eigenvalue weighted by molar-refractivity contribution is -0.137. The zero-order valence-corrected chi connectivity index (χ0v) is 15.0. The van der Waals surface area contributed by atoms with Crippen LogP contribution in [0.25, 0.3) is 11.6 Å². The number of anilines is 2. The molecule has 3 rings (SSSR count). The van der Waals surface area contributed by atoms with Crippen LogP contribution in [0.2, 0.25) is 0 Å². The molecule has 0 fully saturated rings. The van der Waals surface area contributed by atoms with Crippen LogP contribution in [0.1, 0.15) is 36.2 Å². The quantitative estimate of drug-likeness (QED) is 0.862. The first-order valence-corrected chi connectivity index (χ1v) is 8.59. The van der Waals surface area contributed by atoms with Crippen molar-refractivity contribution in [2.24, 2.45) is 0 Å². The minimum Gasteiger partial charge on any atom is -0.354 e. The first kappa shape index (κ1) is 18.2. The summed E-state index contributed by atoms with van der Waals surface area (Å²) >= 11 is 0. The van der Waals surface area contributed by atoms with E-state index in [2.05, 4.69) is 20.2 Å². The molecule has 1 aromatic carbocycles. The molecule has 4 nitrogen and oxygen atoms in total. The summed E-state index contributed by atoms with van der Waals surface area (Å²) in [5.41, 5.74) is 2.41. The third kappa shape index (κ3) is 3.52. The van der Waals surface area contributed by atoms with Crippen molar-refractivity contribution in [1.82, 2.24) is 9.97 Å². The topological polar surface area (TPSA) is 41.1 Å². The lowest BCUT2D eigenvalue weighted by Crippen LogP contribution is -2.30. The van der Waals surface area contributed by atoms with Gasteiger partial charge in [0.05, 0.1) is 11.3 Å². The Bertz CT molecular complexity index is 843. The van der Waals surface area contributed by atoms with Gasteiger partial charge in [0.2, 0.25) is 5.95 Å². The smallest absolute Gasteiger partial charge is 0.354 e. The number of benzene rings is 1. The molecule has 138 valence electrons. The first-order chi connectivity index (χ1) is 12.3. The number of hydrogen-bond donors (Lipinski definition) is 1. The van der Waals surface area contributed by atoms with Crippen molar-refractivity contribution in [3.63, 3.8) is 0 Å². The number of rotatable bonds is 4. The van der Waals surface area contributed by atoms with Gasteiger partial charge in [-0.3, -0.25) is 0 Å². The van der Waals surface area contributed by atoms with E-state index < -0.39 is 11.7 Å². The highest BCUT2D eigenvalue weighted by molar-refractivity contribution is 5.91. The lowest BCUT2D eigenvalue weighted by Gasteiger charge is -2.30. The molecule has 26 heavy (non-hydrogen) atoms. The van der Waals surface area contributed by atoms with Crippen LogP contribution in [-0.2, 0) is 6.18 Å². The van der Waals surface area contributed by atoms with E-state index >= 15 is 0 Å². The summed E-state index contributed by atoms with van der Waals surface area (Å²) in [5.74, 6) is 1.38. The Morgan fingerprint density at radius 3 is 2.62 bits per heavy atom. The summed E-state index contributed by atoms with van der Waals surface area (Å²) < 4.78 is 39.1. The maximum absolute atomic E-state index is 13.0. The van der Waals surface area contributed by atoms with Gasteiger partial charge in [-0.2, -0.15) is 18.2 Å². The van der Waals surface area contributed by atoms with Crippen molar-refractivity contribution < 1.29 is 13.2 Å². The van der Waals surface area contributed by atoms with Gasteiger partial charge in [0.25, 0.3) is 0 Å². The molecule has 0 aliphatic carbocycles. The Labute approximate surface area is 150 Å². The Hall–Kier alpha value is -2.57. The molecule has 1 aliphatic heterocycles. The molecular weight excluding hydrogens is 341 g/mol. The Kier molecular flexibility index (Phi) is 4.89. The Morgan fingerprint density at radius 1 is 1.19 bits per heavy atom. The second-order valence-electron chi connectivity index (χ2n) is 6.16. The number of hydrogen-bond acceptors (Lipinski definition) is 4. The molecule has 1 aliphatic rings. The van der Waals surface area contributed by atoms with Crippen molar-refractivity contribution in [2.75, 3.05) is 29.9 Å². The molecule has 2 aromatic rings. The van der Waals surface area contributed by atoms with Gasteiger partial charge in [0.1, 0.15) is 5.82 Å². The number of fused-ring (bicyclic) bond motifs is 1. The van der Waals surface area contributed by atoms with E-state index in [9.17, 15) is 13.2 Å². The fourth-order valence-corrected chi connectivity index (χ4v) is 3.05. The average molecular weight is 362 g/mol. The molecular formula is C19H21F3N4. The van der Waals surface area contributed by atoms with Crippen molar-refractivity contribution in [3.8, 4) is 0 Å². The van der Waals surface area contributed by atoms with Crippen LogP contribution in [0, 0.1) is 6.92 Å². The van der Waals surface area contributed by atoms with Crippen LogP contribution in [0.3, 0.4) is 0 Å². The van der Waals surface area contributed by atoms with Crippen LogP contribution < -0.4 is 10.2 Å². The van der Waals surface area contributed by atoms with E-state index in [0.29, 0.717) is 24.6 Å². The zero-order chi connectivity index (χ0) is 18.9. The Morgan fingerprint density at radius 2 is 1.96 bits per heavy atom. The van der Waals surface area contributed by atoms with Gasteiger partial charge in [0.15, 0.2) is 0 Å². The molecule has 1 aromatic heterocycles. The van der Waals surface area contributed by atoms with E-state index in [1.807, 2.05) is 26.8 Å². The highest BCUT2D eigenvalue weighted by Crippen LogP contribution is 2.36. The fraction of sp³-hybridized carbons (Fsp3) is 0.368. The predicted molar refractivity (Wildman–Crippen MR) is 98.1 cm³/mol. The summed E-state index contributed by atoms with van der Waals surface area (Å²) in [4.78, 5) is 11.1. The minimum absolute atomic E-state index is 0.507. The van der Waals surface area contributed by atoms with Gasteiger partial charge in [0, 0.05) is 25.2 Å². The summed E-state index contributed by atoms with van der Waals surface area (Å²) in [6.45, 7) is 7.79. The summed E-state index contributed by atoms with van der Waals surface area (Å²) in [6.07, 6.45) is -2.45. The normalized spacial score (nSPS) is 14.1. The number of likely N-dealkylation sites (N-methyl/N-ethyl adjacent to an activating group) is 1. The maximum atomic E-state index is 13.0. The number of aryl methyl sites for hydroxylation is 1. The summed E-state index contributed by atoms with van der Waals surface area (Å²) in [6, 6.07) is 5.45. The number of nitrogens with zero attached hydrogens (tertiary/aromatic N) is 3. The van der Waals surface area contributed by atoms with Gasteiger partial charge >= 0.3 is 6.18 Å². The highest BCUT2D eigenvalue weighted by Gasteiger charge is 2.31. The number of halogens is 3. The van der Waals surface area contributed by atoms with E-state index in [-0.39, 0.29) is 0 Å². The fourth-order valence-electron chi connectivity index (χ4n) is 3.05. The van der Waals surface area contributed by atoms with Crippen LogP contribution in [0.15, 0.2) is 24.3 Å². The van der Waals surface area contributed by atoms with E-state index in [1.165, 1.54) is 12.1 Å². The molecule has 0 amide bonds. The molecule has 0 saturated heterocycles. The van der Waals surface area contributed by atoms with Gasteiger partial charge < -0.3 is 10.2 Å². The predicted octanol–water partition coefficient (Wildman–Crippen LogP) is 4.62. The number of aromatic nitrogens is 2. The van der Waals surface area contributed by atoms with Crippen molar-refractivity contribution in [1.29, 1.82) is 0 Å². The molecule has 0 unspecified atom stereocenters. The van der Waals surface area contributed by atoms with Crippen LogP contribution in [0.5, 0.6) is 0 Å². The molecule has 2 heterocycles. The lowest BCUT2D eigenvalue weighted by atomic mass is 9.97. The number of alkyl halides is 3. The minimum atomic E-state index is -4.35. The summed E-state index contributed by atoms with van der Waals surface area (Å²) in [5, 5.41) is 3.12. The monoisotopic (exact) mass is 362 g/mol. The molecule has 1 N–H and O–H groups in total. The van der Waals surface area contributed by atoms with E-state index in [1.54, 1.807) is 6.07 Å². The van der Waals surface area contributed by atoms with Gasteiger partial charge in [-0.15, -0.1) is 0 Å². The largest absolute Gasteiger partial charge is 0.416 e. The second-order valence-corrected chi connectivity index (χ2v) is 6.16. The van der Waals surface area contributed by atoms with Gasteiger partial charge in [-0.1, -0.05) is 12.1 Å². The van der Waals surface area contributed by atoms with Crippen molar-refractivity contribution in [3.05, 3.63) is 46.6 Å². The number of nitrogens with one attached hydrogen (secondary N) is 1. The van der Waals surface area contributed by atoms with Crippen LogP contribution in [-0.4, -0.2) is 29.6 Å². The van der Waals surface area contributed by atoms with E-state index in [4.69, 9.17) is 0 Å². The third-order valence-corrected chi connectivity index (χ3v) is 4.37. The van der Waals surface area contributed by atoms with Crippen LogP contribution in [0.4, 0.5) is 24.9 Å². The van der Waals surface area contributed by atoms with Crippen LogP contribution >= 0.6 is 0 Å². The van der Waals surface area contributed by atoms with E-state index in [0.717, 1.165) is 35.3 Å². The zero-order valence-electron chi connectivity index (χ0n) is 15.0. The van der Waals surface area contributed by atoms with Crippen molar-refractivity contribution in [2.45, 2.75) is 26.9 Å². The first-order valence-electron chi connectivity index (χ1n) is 8.59. The Balaban J connectivity index is 2.08. The third-order valence-electron chi connectivity index (χ3n) is 4.37. The SMILES string of the molecule is CCNc1nc(C)c2c(n1)N(CC)CC(c1cccc(C(F)(F)F)c1)=C2. The standard InChI is InChI=1S/C19H21F3N4/c1-4-23-18-24-12(3)16-10-14(11-26(5-2)17(16)25-18)13-7-6-8-15(9-13)19(20,21)22/h6-10H,4-5,11H2,1-3H3,(H,23,24,25). The molecule has 7 heteroatoms. The van der Waals surface area contributed by atoms with Crippen molar-refractivity contribution >= 4 is 23.4 Å². The molecule has 0 bridgehead atoms. The molecule has 0 radical (unpaired) electrons.